The zero-order valence-electron chi connectivity index (χ0n) is 14.9. The largest absolute Gasteiger partial charge is 0.496 e. The number of anilines is 1. The first-order chi connectivity index (χ1) is 13.2. The highest BCUT2D eigenvalue weighted by molar-refractivity contribution is 6.00. The summed E-state index contributed by atoms with van der Waals surface area (Å²) in [5.41, 5.74) is 1.18. The molecule has 140 valence electrons. The van der Waals surface area contributed by atoms with Gasteiger partial charge in [-0.25, -0.2) is 0 Å². The van der Waals surface area contributed by atoms with Crippen LogP contribution in [0.5, 0.6) is 17.2 Å². The molecule has 0 saturated carbocycles. The number of para-hydroxylation sites is 1. The molecule has 7 heteroatoms. The van der Waals surface area contributed by atoms with Crippen LogP contribution in [0.1, 0.15) is 16.8 Å². The van der Waals surface area contributed by atoms with Crippen molar-refractivity contribution in [1.82, 2.24) is 5.32 Å². The number of hydrogen-bond donors (Lipinski definition) is 1. The molecule has 1 N–H and O–H groups in total. The van der Waals surface area contributed by atoms with Gasteiger partial charge in [0.15, 0.2) is 11.5 Å². The fraction of sp³-hybridized carbons (Fsp3) is 0.300. The standard InChI is InChI=1S/C20H20N2O5/c1-25-16-5-3-2-4-15(16)20(24)21-13-10-19(23)22(12-13)14-6-7-17-18(11-14)27-9-8-26-17/h2-7,11,13H,8-10,12H2,1H3,(H,21,24)/t13-/m1/s1. The van der Waals surface area contributed by atoms with E-state index < -0.39 is 0 Å². The normalized spacial score (nSPS) is 18.3. The molecule has 2 aromatic carbocycles. The average molecular weight is 368 g/mol. The van der Waals surface area contributed by atoms with Gasteiger partial charge < -0.3 is 24.4 Å². The van der Waals surface area contributed by atoms with Gasteiger partial charge in [-0.05, 0) is 24.3 Å². The molecule has 7 nitrogen and oxygen atoms in total. The molecule has 2 aliphatic heterocycles. The number of nitrogens with zero attached hydrogens (tertiary/aromatic N) is 1. The van der Waals surface area contributed by atoms with Gasteiger partial charge >= 0.3 is 0 Å². The summed E-state index contributed by atoms with van der Waals surface area (Å²) in [6.45, 7) is 1.41. The molecule has 1 saturated heterocycles. The molecule has 0 bridgehead atoms. The van der Waals surface area contributed by atoms with E-state index in [1.807, 2.05) is 6.07 Å². The van der Waals surface area contributed by atoms with Crippen LogP contribution >= 0.6 is 0 Å². The summed E-state index contributed by atoms with van der Waals surface area (Å²) in [6, 6.07) is 12.2. The number of benzene rings is 2. The molecule has 1 atom stereocenters. The Hall–Kier alpha value is -3.22. The van der Waals surface area contributed by atoms with Crippen LogP contribution in [0.25, 0.3) is 0 Å². The van der Waals surface area contributed by atoms with Crippen LogP contribution in [0.2, 0.25) is 0 Å². The molecule has 2 heterocycles. The minimum Gasteiger partial charge on any atom is -0.496 e. The SMILES string of the molecule is COc1ccccc1C(=O)N[C@@H]1CC(=O)N(c2ccc3c(c2)OCCO3)C1. The number of rotatable bonds is 4. The highest BCUT2D eigenvalue weighted by Crippen LogP contribution is 2.35. The van der Waals surface area contributed by atoms with E-state index in [-0.39, 0.29) is 24.3 Å². The van der Waals surface area contributed by atoms with Crippen molar-refractivity contribution in [1.29, 1.82) is 0 Å². The Morgan fingerprint density at radius 3 is 2.74 bits per heavy atom. The maximum Gasteiger partial charge on any atom is 0.255 e. The van der Waals surface area contributed by atoms with E-state index >= 15 is 0 Å². The number of methoxy groups -OCH3 is 1. The second kappa shape index (κ2) is 7.19. The molecule has 2 amide bonds. The van der Waals surface area contributed by atoms with Crippen LogP contribution in [-0.4, -0.2) is 44.7 Å². The molecule has 0 radical (unpaired) electrons. The van der Waals surface area contributed by atoms with Gasteiger partial charge in [0.1, 0.15) is 19.0 Å². The van der Waals surface area contributed by atoms with E-state index in [0.29, 0.717) is 42.6 Å². The fourth-order valence-electron chi connectivity index (χ4n) is 3.35. The first-order valence-electron chi connectivity index (χ1n) is 8.79. The smallest absolute Gasteiger partial charge is 0.255 e. The molecular weight excluding hydrogens is 348 g/mol. The lowest BCUT2D eigenvalue weighted by Gasteiger charge is -2.22. The predicted octanol–water partition coefficient (Wildman–Crippen LogP) is 2.00. The van der Waals surface area contributed by atoms with E-state index in [0.717, 1.165) is 5.69 Å². The Balaban J connectivity index is 1.47. The molecule has 0 unspecified atom stereocenters. The quantitative estimate of drug-likeness (QED) is 0.893. The summed E-state index contributed by atoms with van der Waals surface area (Å²) in [6.07, 6.45) is 0.245. The predicted molar refractivity (Wildman–Crippen MR) is 98.7 cm³/mol. The van der Waals surface area contributed by atoms with Crippen molar-refractivity contribution >= 4 is 17.5 Å². The Morgan fingerprint density at radius 2 is 1.93 bits per heavy atom. The summed E-state index contributed by atoms with van der Waals surface area (Å²) >= 11 is 0. The molecule has 1 fully saturated rings. The van der Waals surface area contributed by atoms with E-state index in [1.54, 1.807) is 41.3 Å². The lowest BCUT2D eigenvalue weighted by atomic mass is 10.1. The van der Waals surface area contributed by atoms with Crippen molar-refractivity contribution < 1.29 is 23.8 Å². The van der Waals surface area contributed by atoms with Crippen molar-refractivity contribution in [2.24, 2.45) is 0 Å². The topological polar surface area (TPSA) is 77.1 Å². The molecule has 2 aliphatic rings. The second-order valence-corrected chi connectivity index (χ2v) is 6.41. The van der Waals surface area contributed by atoms with Gasteiger partial charge in [0.05, 0.1) is 18.7 Å². The summed E-state index contributed by atoms with van der Waals surface area (Å²) in [7, 11) is 1.52. The van der Waals surface area contributed by atoms with E-state index in [1.165, 1.54) is 7.11 Å². The van der Waals surface area contributed by atoms with Crippen molar-refractivity contribution in [3.63, 3.8) is 0 Å². The minimum atomic E-state index is -0.275. The maximum absolute atomic E-state index is 12.6. The molecular formula is C20H20N2O5. The van der Waals surface area contributed by atoms with Gasteiger partial charge in [-0.2, -0.15) is 0 Å². The van der Waals surface area contributed by atoms with Gasteiger partial charge in [0.25, 0.3) is 5.91 Å². The number of nitrogens with one attached hydrogen (secondary N) is 1. The monoisotopic (exact) mass is 368 g/mol. The summed E-state index contributed by atoms with van der Waals surface area (Å²) in [5.74, 6) is 1.51. The number of ether oxygens (including phenoxy) is 3. The molecule has 4 rings (SSSR count). The van der Waals surface area contributed by atoms with Crippen molar-refractivity contribution in [3.05, 3.63) is 48.0 Å². The highest BCUT2D eigenvalue weighted by Gasteiger charge is 2.32. The summed E-state index contributed by atoms with van der Waals surface area (Å²) in [4.78, 5) is 26.7. The highest BCUT2D eigenvalue weighted by atomic mass is 16.6. The van der Waals surface area contributed by atoms with Crippen molar-refractivity contribution in [2.45, 2.75) is 12.5 Å². The lowest BCUT2D eigenvalue weighted by molar-refractivity contribution is -0.117. The molecule has 0 spiro atoms. The minimum absolute atomic E-state index is 0.0444. The molecule has 2 aromatic rings. The third-order valence-corrected chi connectivity index (χ3v) is 4.65. The zero-order chi connectivity index (χ0) is 18.8. The Kier molecular flexibility index (Phi) is 4.58. The Bertz CT molecular complexity index is 882. The van der Waals surface area contributed by atoms with Crippen LogP contribution in [0.15, 0.2) is 42.5 Å². The molecule has 0 aromatic heterocycles. The average Bonchev–Trinajstić information content (AvgIpc) is 3.07. The van der Waals surface area contributed by atoms with Crippen molar-refractivity contribution in [3.8, 4) is 17.2 Å². The lowest BCUT2D eigenvalue weighted by Crippen LogP contribution is -2.37. The first kappa shape index (κ1) is 17.2. The van der Waals surface area contributed by atoms with Gasteiger partial charge in [0, 0.05) is 24.7 Å². The van der Waals surface area contributed by atoms with Crippen LogP contribution in [0.3, 0.4) is 0 Å². The van der Waals surface area contributed by atoms with Gasteiger partial charge in [-0.1, -0.05) is 12.1 Å². The van der Waals surface area contributed by atoms with Gasteiger partial charge in [-0.15, -0.1) is 0 Å². The van der Waals surface area contributed by atoms with Gasteiger partial charge in [0.2, 0.25) is 5.91 Å². The van der Waals surface area contributed by atoms with Crippen LogP contribution in [0.4, 0.5) is 5.69 Å². The van der Waals surface area contributed by atoms with E-state index in [2.05, 4.69) is 5.32 Å². The summed E-state index contributed by atoms with van der Waals surface area (Å²) in [5, 5.41) is 2.92. The van der Waals surface area contributed by atoms with Crippen LogP contribution in [-0.2, 0) is 4.79 Å². The van der Waals surface area contributed by atoms with Crippen LogP contribution < -0.4 is 24.4 Å². The number of carbonyl (C=O) groups is 2. The Labute approximate surface area is 156 Å². The number of amides is 2. The zero-order valence-corrected chi connectivity index (χ0v) is 14.9. The van der Waals surface area contributed by atoms with E-state index in [9.17, 15) is 9.59 Å². The van der Waals surface area contributed by atoms with E-state index in [4.69, 9.17) is 14.2 Å². The second-order valence-electron chi connectivity index (χ2n) is 6.41. The number of carbonyl (C=O) groups excluding carboxylic acids is 2. The van der Waals surface area contributed by atoms with Gasteiger partial charge in [-0.3, -0.25) is 9.59 Å². The summed E-state index contributed by atoms with van der Waals surface area (Å²) < 4.78 is 16.3. The van der Waals surface area contributed by atoms with Crippen LogP contribution in [0, 0.1) is 0 Å². The van der Waals surface area contributed by atoms with Crippen molar-refractivity contribution in [2.75, 3.05) is 31.8 Å². The Morgan fingerprint density at radius 1 is 1.15 bits per heavy atom. The maximum atomic E-state index is 12.6. The number of hydrogen-bond acceptors (Lipinski definition) is 5. The molecule has 27 heavy (non-hydrogen) atoms. The fourth-order valence-corrected chi connectivity index (χ4v) is 3.35. The first-order valence-corrected chi connectivity index (χ1v) is 8.79. The molecule has 0 aliphatic carbocycles. The number of fused-ring (bicyclic) bond motifs is 1. The third kappa shape index (κ3) is 3.40. The third-order valence-electron chi connectivity index (χ3n) is 4.65.